The number of ether oxygens (including phenoxy) is 1. The van der Waals surface area contributed by atoms with Gasteiger partial charge in [0.1, 0.15) is 11.6 Å². The molecule has 1 N–H and O–H groups in total. The molecule has 1 aromatic carbocycles. The van der Waals surface area contributed by atoms with Gasteiger partial charge in [-0.1, -0.05) is 12.1 Å². The molecule has 1 aliphatic rings. The average Bonchev–Trinajstić information content (AvgIpc) is 3.09. The van der Waals surface area contributed by atoms with Gasteiger partial charge in [-0.3, -0.25) is 4.98 Å². The molecule has 3 aromatic rings. The topological polar surface area (TPSA) is 59.9 Å². The van der Waals surface area contributed by atoms with Gasteiger partial charge < -0.3 is 10.1 Å². The van der Waals surface area contributed by atoms with Crippen molar-refractivity contribution >= 4 is 5.82 Å². The van der Waals surface area contributed by atoms with Crippen molar-refractivity contribution in [3.63, 3.8) is 0 Å². The molecular formula is C21H22N4O. The molecular weight excluding hydrogens is 324 g/mol. The molecule has 2 heterocycles. The van der Waals surface area contributed by atoms with Crippen molar-refractivity contribution < 1.29 is 4.74 Å². The first kappa shape index (κ1) is 16.5. The Morgan fingerprint density at radius 2 is 1.88 bits per heavy atom. The van der Waals surface area contributed by atoms with E-state index in [2.05, 4.69) is 34.3 Å². The van der Waals surface area contributed by atoms with E-state index in [1.54, 1.807) is 19.5 Å². The predicted octanol–water partition coefficient (Wildman–Crippen LogP) is 4.26. The summed E-state index contributed by atoms with van der Waals surface area (Å²) in [6.45, 7) is 4.09. The maximum absolute atomic E-state index is 5.52. The van der Waals surface area contributed by atoms with Gasteiger partial charge in [0.25, 0.3) is 0 Å². The summed E-state index contributed by atoms with van der Waals surface area (Å²) in [4.78, 5) is 13.5. The van der Waals surface area contributed by atoms with Gasteiger partial charge in [-0.2, -0.15) is 0 Å². The Balaban J connectivity index is 1.69. The van der Waals surface area contributed by atoms with E-state index in [0.29, 0.717) is 0 Å². The number of pyridine rings is 1. The van der Waals surface area contributed by atoms with Crippen LogP contribution >= 0.6 is 0 Å². The standard InChI is InChI=1S/C21H22N4O/c1-13-14(2)23-21(15-9-11-22-12-10-15)25-20(13)24-18-8-7-17-16(18)5-4-6-19(17)26-3/h4-6,9-12,18H,7-8H2,1-3H3,(H,23,24,25). The van der Waals surface area contributed by atoms with Gasteiger partial charge in [0, 0.05) is 29.2 Å². The van der Waals surface area contributed by atoms with E-state index in [-0.39, 0.29) is 6.04 Å². The lowest BCUT2D eigenvalue weighted by molar-refractivity contribution is 0.410. The highest BCUT2D eigenvalue weighted by Gasteiger charge is 2.26. The van der Waals surface area contributed by atoms with E-state index in [1.165, 1.54) is 11.1 Å². The Bertz CT molecular complexity index is 940. The first-order valence-electron chi connectivity index (χ1n) is 8.85. The van der Waals surface area contributed by atoms with Crippen LogP contribution in [-0.2, 0) is 6.42 Å². The Hall–Kier alpha value is -2.95. The van der Waals surface area contributed by atoms with E-state index in [0.717, 1.165) is 47.1 Å². The molecule has 0 aliphatic heterocycles. The number of anilines is 1. The number of hydrogen-bond acceptors (Lipinski definition) is 5. The fourth-order valence-electron chi connectivity index (χ4n) is 3.53. The van der Waals surface area contributed by atoms with Crippen LogP contribution in [0.5, 0.6) is 5.75 Å². The van der Waals surface area contributed by atoms with Gasteiger partial charge in [-0.15, -0.1) is 0 Å². The zero-order chi connectivity index (χ0) is 18.1. The first-order valence-corrected chi connectivity index (χ1v) is 8.85. The molecule has 132 valence electrons. The SMILES string of the molecule is COc1cccc2c1CCC2Nc1nc(-c2ccncc2)nc(C)c1C. The van der Waals surface area contributed by atoms with Crippen molar-refractivity contribution in [2.75, 3.05) is 12.4 Å². The van der Waals surface area contributed by atoms with Crippen LogP contribution in [0.3, 0.4) is 0 Å². The van der Waals surface area contributed by atoms with Gasteiger partial charge in [0.05, 0.1) is 13.2 Å². The third-order valence-electron chi connectivity index (χ3n) is 5.09. The highest BCUT2D eigenvalue weighted by Crippen LogP contribution is 2.39. The Morgan fingerprint density at radius 1 is 1.08 bits per heavy atom. The van der Waals surface area contributed by atoms with Crippen molar-refractivity contribution in [1.29, 1.82) is 0 Å². The smallest absolute Gasteiger partial charge is 0.161 e. The predicted molar refractivity (Wildman–Crippen MR) is 102 cm³/mol. The monoisotopic (exact) mass is 346 g/mol. The van der Waals surface area contributed by atoms with Crippen LogP contribution in [0.15, 0.2) is 42.7 Å². The molecule has 5 heteroatoms. The van der Waals surface area contributed by atoms with E-state index in [9.17, 15) is 0 Å². The minimum absolute atomic E-state index is 0.235. The minimum Gasteiger partial charge on any atom is -0.496 e. The lowest BCUT2D eigenvalue weighted by Crippen LogP contribution is -2.12. The lowest BCUT2D eigenvalue weighted by atomic mass is 10.1. The van der Waals surface area contributed by atoms with Gasteiger partial charge in [0.2, 0.25) is 0 Å². The molecule has 26 heavy (non-hydrogen) atoms. The second kappa shape index (κ2) is 6.75. The molecule has 0 radical (unpaired) electrons. The molecule has 0 fully saturated rings. The van der Waals surface area contributed by atoms with E-state index in [4.69, 9.17) is 9.72 Å². The van der Waals surface area contributed by atoms with Crippen molar-refractivity contribution in [2.24, 2.45) is 0 Å². The number of nitrogens with one attached hydrogen (secondary N) is 1. The number of aryl methyl sites for hydroxylation is 1. The van der Waals surface area contributed by atoms with Gasteiger partial charge in [-0.25, -0.2) is 9.97 Å². The van der Waals surface area contributed by atoms with Crippen LogP contribution in [0, 0.1) is 13.8 Å². The van der Waals surface area contributed by atoms with E-state index < -0.39 is 0 Å². The van der Waals surface area contributed by atoms with Crippen LogP contribution in [0.2, 0.25) is 0 Å². The van der Waals surface area contributed by atoms with Gasteiger partial charge >= 0.3 is 0 Å². The van der Waals surface area contributed by atoms with Crippen LogP contribution < -0.4 is 10.1 Å². The van der Waals surface area contributed by atoms with Gasteiger partial charge in [0.15, 0.2) is 5.82 Å². The third-order valence-corrected chi connectivity index (χ3v) is 5.09. The summed E-state index contributed by atoms with van der Waals surface area (Å²) in [5.41, 5.74) is 5.63. The molecule has 0 saturated carbocycles. The summed E-state index contributed by atoms with van der Waals surface area (Å²) in [5.74, 6) is 2.59. The lowest BCUT2D eigenvalue weighted by Gasteiger charge is -2.18. The van der Waals surface area contributed by atoms with Crippen molar-refractivity contribution in [3.05, 3.63) is 65.1 Å². The summed E-state index contributed by atoms with van der Waals surface area (Å²) >= 11 is 0. The summed E-state index contributed by atoms with van der Waals surface area (Å²) in [6, 6.07) is 10.4. The molecule has 1 unspecified atom stereocenters. The molecule has 5 nitrogen and oxygen atoms in total. The second-order valence-corrected chi connectivity index (χ2v) is 6.61. The summed E-state index contributed by atoms with van der Waals surface area (Å²) in [7, 11) is 1.73. The van der Waals surface area contributed by atoms with Crippen LogP contribution in [-0.4, -0.2) is 22.1 Å². The van der Waals surface area contributed by atoms with E-state index in [1.807, 2.05) is 25.1 Å². The fourth-order valence-corrected chi connectivity index (χ4v) is 3.53. The number of rotatable bonds is 4. The number of aromatic nitrogens is 3. The molecule has 1 atom stereocenters. The second-order valence-electron chi connectivity index (χ2n) is 6.61. The van der Waals surface area contributed by atoms with Crippen LogP contribution in [0.1, 0.15) is 34.8 Å². The zero-order valence-corrected chi connectivity index (χ0v) is 15.3. The number of fused-ring (bicyclic) bond motifs is 1. The largest absolute Gasteiger partial charge is 0.496 e. The molecule has 4 rings (SSSR count). The van der Waals surface area contributed by atoms with Crippen LogP contribution in [0.4, 0.5) is 5.82 Å². The Kier molecular flexibility index (Phi) is 4.29. The fraction of sp³-hybridized carbons (Fsp3) is 0.286. The number of benzene rings is 1. The maximum Gasteiger partial charge on any atom is 0.161 e. The Morgan fingerprint density at radius 3 is 2.65 bits per heavy atom. The molecule has 0 amide bonds. The maximum atomic E-state index is 5.52. The quantitative estimate of drug-likeness (QED) is 0.765. The third kappa shape index (κ3) is 2.90. The molecule has 0 saturated heterocycles. The summed E-state index contributed by atoms with van der Waals surface area (Å²) < 4.78 is 5.52. The molecule has 1 aliphatic carbocycles. The molecule has 0 bridgehead atoms. The van der Waals surface area contributed by atoms with Gasteiger partial charge in [-0.05, 0) is 56.0 Å². The number of nitrogens with zero attached hydrogens (tertiary/aromatic N) is 3. The van der Waals surface area contributed by atoms with Crippen molar-refractivity contribution in [2.45, 2.75) is 32.7 Å². The Labute approximate surface area is 153 Å². The highest BCUT2D eigenvalue weighted by molar-refractivity contribution is 5.60. The first-order chi connectivity index (χ1) is 12.7. The van der Waals surface area contributed by atoms with Crippen molar-refractivity contribution in [3.8, 4) is 17.1 Å². The molecule has 2 aromatic heterocycles. The van der Waals surface area contributed by atoms with Crippen LogP contribution in [0.25, 0.3) is 11.4 Å². The number of methoxy groups -OCH3 is 1. The normalized spacial score (nSPS) is 15.6. The summed E-state index contributed by atoms with van der Waals surface area (Å²) in [6.07, 6.45) is 5.57. The highest BCUT2D eigenvalue weighted by atomic mass is 16.5. The van der Waals surface area contributed by atoms with Crippen molar-refractivity contribution in [1.82, 2.24) is 15.0 Å². The summed E-state index contributed by atoms with van der Waals surface area (Å²) in [5, 5.41) is 3.65. The molecule has 0 spiro atoms. The number of hydrogen-bond donors (Lipinski definition) is 1. The minimum atomic E-state index is 0.235. The average molecular weight is 346 g/mol. The van der Waals surface area contributed by atoms with E-state index >= 15 is 0 Å². The zero-order valence-electron chi connectivity index (χ0n) is 15.3.